The summed E-state index contributed by atoms with van der Waals surface area (Å²) in [5.74, 6) is -4.49. The van der Waals surface area contributed by atoms with E-state index in [1.54, 1.807) is 0 Å². The highest BCUT2D eigenvalue weighted by molar-refractivity contribution is 7.80. The molecule has 3 unspecified atom stereocenters. The van der Waals surface area contributed by atoms with Gasteiger partial charge in [0.25, 0.3) is 0 Å². The van der Waals surface area contributed by atoms with Crippen molar-refractivity contribution in [2.75, 3.05) is 18.9 Å². The first-order chi connectivity index (χ1) is 12.1. The fraction of sp³-hybridized carbons (Fsp3) is 0.615. The fourth-order valence-corrected chi connectivity index (χ4v) is 1.80. The van der Waals surface area contributed by atoms with Crippen LogP contribution in [0.5, 0.6) is 0 Å². The summed E-state index contributed by atoms with van der Waals surface area (Å²) in [5.41, 5.74) is 10.3. The van der Waals surface area contributed by atoms with Crippen LogP contribution in [0, 0.1) is 0 Å². The van der Waals surface area contributed by atoms with E-state index in [0.29, 0.717) is 0 Å². The van der Waals surface area contributed by atoms with Crippen LogP contribution in [0.3, 0.4) is 0 Å². The molecule has 0 aromatic carbocycles. The largest absolute Gasteiger partial charge is 0.480 e. The Hall–Kier alpha value is -2.38. The third-order valence-electron chi connectivity index (χ3n) is 3.08. The van der Waals surface area contributed by atoms with E-state index in [9.17, 15) is 29.1 Å². The molecule has 13 heteroatoms. The number of carboxylic acids is 1. The van der Waals surface area contributed by atoms with Crippen LogP contribution in [-0.2, 0) is 24.0 Å². The van der Waals surface area contributed by atoms with Crippen LogP contribution < -0.4 is 27.4 Å². The van der Waals surface area contributed by atoms with Crippen molar-refractivity contribution >= 4 is 42.2 Å². The highest BCUT2D eigenvalue weighted by Crippen LogP contribution is 1.98. The summed E-state index contributed by atoms with van der Waals surface area (Å²) in [7, 11) is 0. The van der Waals surface area contributed by atoms with E-state index in [1.807, 2.05) is 0 Å². The minimum Gasteiger partial charge on any atom is -0.480 e. The number of nitrogens with two attached hydrogens (primary N) is 2. The number of carboxylic acid groups (broad SMARTS) is 1. The summed E-state index contributed by atoms with van der Waals surface area (Å²) in [5, 5.41) is 24.6. The summed E-state index contributed by atoms with van der Waals surface area (Å²) in [6.07, 6.45) is -0.523. The third kappa shape index (κ3) is 9.19. The number of aliphatic hydroxyl groups excluding tert-OH is 1. The molecule has 0 aliphatic carbocycles. The van der Waals surface area contributed by atoms with Crippen LogP contribution in [0.2, 0.25) is 0 Å². The Morgan fingerprint density at radius 2 is 1.65 bits per heavy atom. The molecule has 9 N–H and O–H groups in total. The highest BCUT2D eigenvalue weighted by atomic mass is 32.1. The van der Waals surface area contributed by atoms with Crippen LogP contribution in [0.25, 0.3) is 0 Å². The van der Waals surface area contributed by atoms with Gasteiger partial charge in [-0.15, -0.1) is 0 Å². The third-order valence-corrected chi connectivity index (χ3v) is 3.48. The molecule has 148 valence electrons. The van der Waals surface area contributed by atoms with Crippen LogP contribution in [-0.4, -0.2) is 76.8 Å². The van der Waals surface area contributed by atoms with Gasteiger partial charge in [-0.2, -0.15) is 12.6 Å². The summed E-state index contributed by atoms with van der Waals surface area (Å²) < 4.78 is 0. The predicted molar refractivity (Wildman–Crippen MR) is 91.8 cm³/mol. The molecule has 0 aromatic rings. The first kappa shape index (κ1) is 23.6. The van der Waals surface area contributed by atoms with E-state index < -0.39 is 60.9 Å². The zero-order valence-corrected chi connectivity index (χ0v) is 14.7. The molecule has 26 heavy (non-hydrogen) atoms. The molecule has 0 rings (SSSR count). The van der Waals surface area contributed by atoms with E-state index in [-0.39, 0.29) is 18.6 Å². The number of nitrogens with one attached hydrogen (secondary N) is 3. The van der Waals surface area contributed by atoms with Crippen molar-refractivity contribution in [3.05, 3.63) is 0 Å². The van der Waals surface area contributed by atoms with Crippen LogP contribution >= 0.6 is 12.6 Å². The molecular weight excluding hydrogens is 370 g/mol. The van der Waals surface area contributed by atoms with Crippen molar-refractivity contribution in [1.29, 1.82) is 0 Å². The molecule has 0 fully saturated rings. The minimum absolute atomic E-state index is 0.0665. The van der Waals surface area contributed by atoms with E-state index in [4.69, 9.17) is 16.6 Å². The molecule has 0 saturated heterocycles. The van der Waals surface area contributed by atoms with Crippen molar-refractivity contribution in [3.63, 3.8) is 0 Å². The number of rotatable bonds is 12. The van der Waals surface area contributed by atoms with Crippen molar-refractivity contribution in [2.45, 2.75) is 31.0 Å². The molecule has 0 spiro atoms. The standard InChI is InChI=1S/C13H23N5O7S/c14-6(5-26)11(22)16-3-10(21)17-8(4-19)12(23)18-7(13(24)25)1-2-9(15)20/h6-8,19,26H,1-5,14H2,(H2,15,20)(H,16,22)(H,17,21)(H,18,23)(H,24,25). The molecule has 0 aliphatic heterocycles. The lowest BCUT2D eigenvalue weighted by Crippen LogP contribution is -2.55. The van der Waals surface area contributed by atoms with Gasteiger partial charge < -0.3 is 37.6 Å². The maximum atomic E-state index is 12.0. The van der Waals surface area contributed by atoms with Gasteiger partial charge in [-0.3, -0.25) is 19.2 Å². The van der Waals surface area contributed by atoms with Crippen molar-refractivity contribution in [2.24, 2.45) is 11.5 Å². The zero-order chi connectivity index (χ0) is 20.3. The van der Waals surface area contributed by atoms with Crippen LogP contribution in [0.4, 0.5) is 0 Å². The normalized spacial score (nSPS) is 13.8. The SMILES string of the molecule is NC(=O)CCC(NC(=O)C(CO)NC(=O)CNC(=O)C(N)CS)C(=O)O. The molecule has 0 radical (unpaired) electrons. The first-order valence-corrected chi connectivity index (χ1v) is 8.11. The lowest BCUT2D eigenvalue weighted by molar-refractivity contribution is -0.142. The molecular formula is C13H23N5O7S. The van der Waals surface area contributed by atoms with Gasteiger partial charge in [-0.1, -0.05) is 0 Å². The number of aliphatic carboxylic acids is 1. The second-order valence-electron chi connectivity index (χ2n) is 5.21. The average molecular weight is 393 g/mol. The first-order valence-electron chi connectivity index (χ1n) is 7.48. The quantitative estimate of drug-likeness (QED) is 0.151. The predicted octanol–water partition coefficient (Wildman–Crippen LogP) is -4.33. The van der Waals surface area contributed by atoms with Gasteiger partial charge in [-0.25, -0.2) is 4.79 Å². The number of carbonyl (C=O) groups is 5. The van der Waals surface area contributed by atoms with Gasteiger partial charge in [0.15, 0.2) is 0 Å². The molecule has 0 aliphatic rings. The molecule has 4 amide bonds. The Bertz CT molecular complexity index is 545. The number of amides is 4. The van der Waals surface area contributed by atoms with E-state index in [2.05, 4.69) is 28.6 Å². The monoisotopic (exact) mass is 393 g/mol. The van der Waals surface area contributed by atoms with Crippen LogP contribution in [0.1, 0.15) is 12.8 Å². The van der Waals surface area contributed by atoms with E-state index in [0.717, 1.165) is 0 Å². The van der Waals surface area contributed by atoms with Crippen molar-refractivity contribution < 1.29 is 34.2 Å². The maximum absolute atomic E-state index is 12.0. The summed E-state index contributed by atoms with van der Waals surface area (Å²) in [6, 6.07) is -3.79. The van der Waals surface area contributed by atoms with Gasteiger partial charge in [-0.05, 0) is 6.42 Å². The van der Waals surface area contributed by atoms with Crippen LogP contribution in [0.15, 0.2) is 0 Å². The fourth-order valence-electron chi connectivity index (χ4n) is 1.64. The Morgan fingerprint density at radius 1 is 1.04 bits per heavy atom. The second-order valence-corrected chi connectivity index (χ2v) is 5.58. The molecule has 3 atom stereocenters. The number of aliphatic hydroxyl groups is 1. The van der Waals surface area contributed by atoms with Gasteiger partial charge in [0.05, 0.1) is 19.2 Å². The number of carbonyl (C=O) groups excluding carboxylic acids is 4. The molecule has 0 saturated carbocycles. The molecule has 0 aromatic heterocycles. The second kappa shape index (κ2) is 12.1. The molecule has 0 bridgehead atoms. The van der Waals surface area contributed by atoms with Gasteiger partial charge in [0.1, 0.15) is 12.1 Å². The summed E-state index contributed by atoms with van der Waals surface area (Å²) in [6.45, 7) is -1.32. The van der Waals surface area contributed by atoms with Gasteiger partial charge >= 0.3 is 5.97 Å². The Kier molecular flexibility index (Phi) is 10.9. The number of primary amides is 1. The summed E-state index contributed by atoms with van der Waals surface area (Å²) >= 11 is 3.83. The number of hydrogen-bond acceptors (Lipinski definition) is 8. The van der Waals surface area contributed by atoms with E-state index in [1.165, 1.54) is 0 Å². The number of hydrogen-bond donors (Lipinski definition) is 8. The smallest absolute Gasteiger partial charge is 0.326 e. The highest BCUT2D eigenvalue weighted by Gasteiger charge is 2.26. The Labute approximate surface area is 154 Å². The van der Waals surface area contributed by atoms with Gasteiger partial charge in [0.2, 0.25) is 23.6 Å². The summed E-state index contributed by atoms with van der Waals surface area (Å²) in [4.78, 5) is 56.9. The topological polar surface area (TPSA) is 214 Å². The zero-order valence-electron chi connectivity index (χ0n) is 13.8. The number of thiol groups is 1. The molecule has 12 nitrogen and oxygen atoms in total. The van der Waals surface area contributed by atoms with Crippen molar-refractivity contribution in [1.82, 2.24) is 16.0 Å². The average Bonchev–Trinajstić information content (AvgIpc) is 2.59. The van der Waals surface area contributed by atoms with Crippen molar-refractivity contribution in [3.8, 4) is 0 Å². The maximum Gasteiger partial charge on any atom is 0.326 e. The van der Waals surface area contributed by atoms with Gasteiger partial charge in [0, 0.05) is 12.2 Å². The minimum atomic E-state index is -1.45. The lowest BCUT2D eigenvalue weighted by atomic mass is 10.1. The Balaban J connectivity index is 4.62. The van der Waals surface area contributed by atoms with E-state index >= 15 is 0 Å². The lowest BCUT2D eigenvalue weighted by Gasteiger charge is -2.20. The Morgan fingerprint density at radius 3 is 2.12 bits per heavy atom. The molecule has 0 heterocycles.